The van der Waals surface area contributed by atoms with Crippen LogP contribution in [0, 0.1) is 6.92 Å². The number of nitrogens with zero attached hydrogens (tertiary/aromatic N) is 2. The molecule has 7 heteroatoms. The van der Waals surface area contributed by atoms with Gasteiger partial charge in [0, 0.05) is 12.6 Å². The fourth-order valence-electron chi connectivity index (χ4n) is 3.50. The quantitative estimate of drug-likeness (QED) is 0.798. The number of likely N-dealkylation sites (tertiary alicyclic amines) is 1. The van der Waals surface area contributed by atoms with Gasteiger partial charge in [0.05, 0.1) is 5.54 Å². The van der Waals surface area contributed by atoms with E-state index in [1.807, 2.05) is 45.0 Å². The fourth-order valence-corrected chi connectivity index (χ4v) is 3.50. The molecule has 29 heavy (non-hydrogen) atoms. The first-order valence-corrected chi connectivity index (χ1v) is 9.77. The molecule has 7 nitrogen and oxygen atoms in total. The molecule has 1 aromatic heterocycles. The lowest BCUT2D eigenvalue weighted by atomic mass is 9.92. The molecule has 2 N–H and O–H groups in total. The monoisotopic (exact) mass is 396 g/mol. The van der Waals surface area contributed by atoms with Crippen molar-refractivity contribution in [1.29, 1.82) is 0 Å². The minimum Gasteiger partial charge on any atom is -0.360 e. The van der Waals surface area contributed by atoms with E-state index in [9.17, 15) is 9.59 Å². The van der Waals surface area contributed by atoms with Gasteiger partial charge in [-0.3, -0.25) is 4.79 Å². The molecule has 1 saturated heterocycles. The van der Waals surface area contributed by atoms with Crippen LogP contribution in [0.1, 0.15) is 50.5 Å². The number of nitrogens with one attached hydrogen (secondary N) is 2. The first-order valence-electron chi connectivity index (χ1n) is 9.77. The van der Waals surface area contributed by atoms with E-state index in [2.05, 4.69) is 22.4 Å². The first kappa shape index (κ1) is 20.6. The van der Waals surface area contributed by atoms with Crippen LogP contribution in [-0.4, -0.2) is 34.6 Å². The van der Waals surface area contributed by atoms with Crippen LogP contribution in [0.25, 0.3) is 5.57 Å². The highest BCUT2D eigenvalue weighted by Gasteiger charge is 2.36. The van der Waals surface area contributed by atoms with Crippen molar-refractivity contribution in [2.45, 2.75) is 52.1 Å². The number of hydrogen-bond acceptors (Lipinski definition) is 4. The van der Waals surface area contributed by atoms with Crippen molar-refractivity contribution >= 4 is 23.3 Å². The summed E-state index contributed by atoms with van der Waals surface area (Å²) in [6, 6.07) is 8.82. The Hall–Kier alpha value is -3.09. The van der Waals surface area contributed by atoms with Gasteiger partial charge < -0.3 is 20.1 Å². The molecule has 1 atom stereocenters. The van der Waals surface area contributed by atoms with Crippen molar-refractivity contribution in [3.63, 3.8) is 0 Å². The maximum Gasteiger partial charge on any atom is 0.318 e. The summed E-state index contributed by atoms with van der Waals surface area (Å²) >= 11 is 0. The zero-order valence-electron chi connectivity index (χ0n) is 17.4. The summed E-state index contributed by atoms with van der Waals surface area (Å²) in [5.74, 6) is 0.713. The molecule has 2 aromatic rings. The Morgan fingerprint density at radius 3 is 2.72 bits per heavy atom. The second-order valence-electron chi connectivity index (χ2n) is 8.08. The number of aryl methyl sites for hydroxylation is 1. The molecular formula is C22H28N4O3. The van der Waals surface area contributed by atoms with Crippen LogP contribution in [0.3, 0.4) is 0 Å². The summed E-state index contributed by atoms with van der Waals surface area (Å²) in [6.07, 6.45) is 1.39. The number of aromatic nitrogens is 1. The Morgan fingerprint density at radius 1 is 1.31 bits per heavy atom. The number of carbonyl (C=O) groups is 2. The maximum atomic E-state index is 13.0. The molecule has 154 valence electrons. The van der Waals surface area contributed by atoms with Crippen LogP contribution < -0.4 is 10.6 Å². The van der Waals surface area contributed by atoms with Crippen LogP contribution in [0.2, 0.25) is 0 Å². The summed E-state index contributed by atoms with van der Waals surface area (Å²) in [4.78, 5) is 27.3. The van der Waals surface area contributed by atoms with E-state index in [0.717, 1.165) is 23.1 Å². The van der Waals surface area contributed by atoms with Crippen molar-refractivity contribution in [2.24, 2.45) is 0 Å². The average molecular weight is 396 g/mol. The van der Waals surface area contributed by atoms with Gasteiger partial charge in [0.25, 0.3) is 0 Å². The van der Waals surface area contributed by atoms with E-state index in [0.29, 0.717) is 24.5 Å². The molecule has 1 aromatic carbocycles. The number of carbonyl (C=O) groups excluding carboxylic acids is 2. The topological polar surface area (TPSA) is 87.5 Å². The Balaban J connectivity index is 1.70. The molecular weight excluding hydrogens is 368 g/mol. The number of amides is 3. The molecule has 0 saturated carbocycles. The molecule has 0 bridgehead atoms. The molecule has 1 aliphatic rings. The van der Waals surface area contributed by atoms with Crippen molar-refractivity contribution in [3.8, 4) is 0 Å². The van der Waals surface area contributed by atoms with Gasteiger partial charge in [0.2, 0.25) is 5.91 Å². The summed E-state index contributed by atoms with van der Waals surface area (Å²) in [7, 11) is 0. The predicted octanol–water partition coefficient (Wildman–Crippen LogP) is 4.06. The minimum atomic E-state index is -0.602. The molecule has 0 radical (unpaired) electrons. The van der Waals surface area contributed by atoms with Crippen molar-refractivity contribution in [1.82, 2.24) is 15.4 Å². The summed E-state index contributed by atoms with van der Waals surface area (Å²) in [5, 5.41) is 9.59. The lowest BCUT2D eigenvalue weighted by Crippen LogP contribution is -2.52. The van der Waals surface area contributed by atoms with Gasteiger partial charge in [-0.15, -0.1) is 0 Å². The summed E-state index contributed by atoms with van der Waals surface area (Å²) < 4.78 is 4.98. The van der Waals surface area contributed by atoms with Crippen LogP contribution >= 0.6 is 0 Å². The van der Waals surface area contributed by atoms with Gasteiger partial charge in [-0.1, -0.05) is 35.5 Å². The van der Waals surface area contributed by atoms with Crippen LogP contribution in [0.5, 0.6) is 0 Å². The third kappa shape index (κ3) is 4.67. The van der Waals surface area contributed by atoms with E-state index in [1.54, 1.807) is 17.9 Å². The SMILES string of the molecule is C=C(C)c1cccc(C(C)(C)NC(=O)N2CCC[C@H]2C(=O)Nc2cc(C)on2)c1. The van der Waals surface area contributed by atoms with E-state index < -0.39 is 11.6 Å². The number of allylic oxidation sites excluding steroid dienone is 1. The first-order chi connectivity index (χ1) is 13.7. The van der Waals surface area contributed by atoms with E-state index >= 15 is 0 Å². The zero-order chi connectivity index (χ0) is 21.2. The second kappa shape index (κ2) is 8.11. The van der Waals surface area contributed by atoms with Crippen molar-refractivity contribution in [3.05, 3.63) is 53.8 Å². The number of urea groups is 1. The largest absolute Gasteiger partial charge is 0.360 e. The van der Waals surface area contributed by atoms with E-state index in [4.69, 9.17) is 4.52 Å². The van der Waals surface area contributed by atoms with Gasteiger partial charge in [-0.2, -0.15) is 0 Å². The van der Waals surface area contributed by atoms with Crippen LogP contribution in [0.4, 0.5) is 10.6 Å². The van der Waals surface area contributed by atoms with Gasteiger partial charge in [-0.25, -0.2) is 4.79 Å². The van der Waals surface area contributed by atoms with Crippen LogP contribution in [0.15, 0.2) is 41.4 Å². The lowest BCUT2D eigenvalue weighted by Gasteiger charge is -2.32. The molecule has 2 heterocycles. The molecule has 0 spiro atoms. The van der Waals surface area contributed by atoms with E-state index in [1.165, 1.54) is 0 Å². The molecule has 0 aliphatic carbocycles. The number of hydrogen-bond donors (Lipinski definition) is 2. The lowest BCUT2D eigenvalue weighted by molar-refractivity contribution is -0.119. The predicted molar refractivity (Wildman–Crippen MR) is 112 cm³/mol. The molecule has 3 amide bonds. The van der Waals surface area contributed by atoms with Crippen molar-refractivity contribution in [2.75, 3.05) is 11.9 Å². The van der Waals surface area contributed by atoms with Gasteiger partial charge >= 0.3 is 6.03 Å². The smallest absolute Gasteiger partial charge is 0.318 e. The maximum absolute atomic E-state index is 13.0. The minimum absolute atomic E-state index is 0.256. The Morgan fingerprint density at radius 2 is 2.07 bits per heavy atom. The second-order valence-corrected chi connectivity index (χ2v) is 8.08. The van der Waals surface area contributed by atoms with Gasteiger partial charge in [0.1, 0.15) is 11.8 Å². The van der Waals surface area contributed by atoms with E-state index in [-0.39, 0.29) is 11.9 Å². The Labute approximate surface area is 171 Å². The van der Waals surface area contributed by atoms with Gasteiger partial charge in [-0.05, 0) is 57.7 Å². The number of rotatable bonds is 5. The molecule has 0 unspecified atom stereocenters. The molecule has 1 aliphatic heterocycles. The highest BCUT2D eigenvalue weighted by Crippen LogP contribution is 2.26. The summed E-state index contributed by atoms with van der Waals surface area (Å²) in [5.41, 5.74) is 2.37. The summed E-state index contributed by atoms with van der Waals surface area (Å²) in [6.45, 7) is 12.1. The number of anilines is 1. The van der Waals surface area contributed by atoms with Gasteiger partial charge in [0.15, 0.2) is 5.82 Å². The third-order valence-electron chi connectivity index (χ3n) is 5.19. The number of benzene rings is 1. The third-order valence-corrected chi connectivity index (χ3v) is 5.19. The Kier molecular flexibility index (Phi) is 5.77. The fraction of sp³-hybridized carbons (Fsp3) is 0.409. The highest BCUT2D eigenvalue weighted by molar-refractivity contribution is 5.96. The highest BCUT2D eigenvalue weighted by atomic mass is 16.5. The molecule has 3 rings (SSSR count). The normalized spacial score (nSPS) is 16.6. The Bertz CT molecular complexity index is 932. The molecule has 1 fully saturated rings. The standard InChI is InChI=1S/C22H28N4O3/c1-14(2)16-8-6-9-17(13-16)22(4,5)24-21(28)26-11-7-10-18(26)20(27)23-19-12-15(3)29-25-19/h6,8-9,12-13,18H,1,7,10-11H2,2-5H3,(H,24,28)(H,23,25,27)/t18-/m0/s1. The van der Waals surface area contributed by atoms with Crippen LogP contribution in [-0.2, 0) is 10.3 Å². The van der Waals surface area contributed by atoms with Crippen molar-refractivity contribution < 1.29 is 14.1 Å². The zero-order valence-corrected chi connectivity index (χ0v) is 17.4. The average Bonchev–Trinajstić information content (AvgIpc) is 3.30.